The van der Waals surface area contributed by atoms with Crippen LogP contribution < -0.4 is 5.32 Å². The molecule has 1 amide bonds. The van der Waals surface area contributed by atoms with E-state index in [1.165, 1.54) is 6.26 Å². The molecular formula is C17H17NO3. The second-order valence-corrected chi connectivity index (χ2v) is 4.51. The molecule has 0 fully saturated rings. The van der Waals surface area contributed by atoms with Crippen LogP contribution in [0.5, 0.6) is 0 Å². The van der Waals surface area contributed by atoms with Crippen molar-refractivity contribution in [2.45, 2.75) is 19.9 Å². The number of benzene rings is 1. The fraction of sp³-hybridized carbons (Fsp3) is 0.235. The van der Waals surface area contributed by atoms with Crippen molar-refractivity contribution in [2.75, 3.05) is 6.61 Å². The Kier molecular flexibility index (Phi) is 5.19. The van der Waals surface area contributed by atoms with E-state index in [1.807, 2.05) is 24.3 Å². The third kappa shape index (κ3) is 3.98. The molecule has 2 rings (SSSR count). The molecule has 2 aromatic rings. The van der Waals surface area contributed by atoms with Gasteiger partial charge in [0.2, 0.25) is 0 Å². The van der Waals surface area contributed by atoms with Gasteiger partial charge in [-0.15, -0.1) is 0 Å². The number of carbonyl (C=O) groups excluding carboxylic acids is 1. The zero-order valence-corrected chi connectivity index (χ0v) is 11.8. The molecule has 0 atom stereocenters. The van der Waals surface area contributed by atoms with Crippen LogP contribution >= 0.6 is 0 Å². The van der Waals surface area contributed by atoms with E-state index in [0.29, 0.717) is 24.3 Å². The molecule has 108 valence electrons. The number of aliphatic hydroxyl groups excluding tert-OH is 1. The molecule has 1 heterocycles. The lowest BCUT2D eigenvalue weighted by Gasteiger charge is -2.06. The second-order valence-electron chi connectivity index (χ2n) is 4.51. The van der Waals surface area contributed by atoms with Crippen molar-refractivity contribution in [2.24, 2.45) is 0 Å². The number of aliphatic hydroxyl groups is 1. The van der Waals surface area contributed by atoms with Crippen LogP contribution in [0.4, 0.5) is 0 Å². The van der Waals surface area contributed by atoms with Crippen molar-refractivity contribution in [1.82, 2.24) is 5.32 Å². The fourth-order valence-corrected chi connectivity index (χ4v) is 1.90. The third-order valence-electron chi connectivity index (χ3n) is 3.02. The van der Waals surface area contributed by atoms with Crippen molar-refractivity contribution < 1.29 is 14.3 Å². The SMILES string of the molecule is Cc1occc1C(=O)NCc1ccccc1C#CCCO. The summed E-state index contributed by atoms with van der Waals surface area (Å²) in [6, 6.07) is 9.27. The summed E-state index contributed by atoms with van der Waals surface area (Å²) in [4.78, 5) is 12.0. The molecule has 0 aliphatic rings. The Labute approximate surface area is 123 Å². The first-order valence-corrected chi connectivity index (χ1v) is 6.72. The molecule has 0 radical (unpaired) electrons. The van der Waals surface area contributed by atoms with Crippen LogP contribution in [0.2, 0.25) is 0 Å². The molecular weight excluding hydrogens is 266 g/mol. The van der Waals surface area contributed by atoms with Crippen LogP contribution in [0.3, 0.4) is 0 Å². The number of furan rings is 1. The summed E-state index contributed by atoms with van der Waals surface area (Å²) in [5.41, 5.74) is 2.34. The van der Waals surface area contributed by atoms with E-state index in [1.54, 1.807) is 13.0 Å². The van der Waals surface area contributed by atoms with Gasteiger partial charge in [-0.2, -0.15) is 0 Å². The van der Waals surface area contributed by atoms with Gasteiger partial charge in [0.25, 0.3) is 5.91 Å². The highest BCUT2D eigenvalue weighted by Gasteiger charge is 2.11. The van der Waals surface area contributed by atoms with Crippen LogP contribution in [-0.4, -0.2) is 17.6 Å². The third-order valence-corrected chi connectivity index (χ3v) is 3.02. The van der Waals surface area contributed by atoms with Gasteiger partial charge in [-0.05, 0) is 24.6 Å². The summed E-state index contributed by atoms with van der Waals surface area (Å²) in [6.45, 7) is 2.20. The highest BCUT2D eigenvalue weighted by atomic mass is 16.3. The van der Waals surface area contributed by atoms with Gasteiger partial charge in [-0.25, -0.2) is 0 Å². The van der Waals surface area contributed by atoms with Gasteiger partial charge in [0.05, 0.1) is 18.4 Å². The van der Waals surface area contributed by atoms with Gasteiger partial charge < -0.3 is 14.8 Å². The maximum atomic E-state index is 12.0. The minimum absolute atomic E-state index is 0.0473. The zero-order chi connectivity index (χ0) is 15.1. The molecule has 4 heteroatoms. The normalized spacial score (nSPS) is 9.81. The highest BCUT2D eigenvalue weighted by molar-refractivity contribution is 5.95. The van der Waals surface area contributed by atoms with Gasteiger partial charge >= 0.3 is 0 Å². The van der Waals surface area contributed by atoms with E-state index < -0.39 is 0 Å². The predicted octanol–water partition coefficient (Wildman–Crippen LogP) is 2.25. The minimum atomic E-state index is -0.167. The predicted molar refractivity (Wildman–Crippen MR) is 79.6 cm³/mol. The number of hydrogen-bond acceptors (Lipinski definition) is 3. The Balaban J connectivity index is 2.05. The molecule has 0 unspecified atom stereocenters. The summed E-state index contributed by atoms with van der Waals surface area (Å²) in [6.07, 6.45) is 1.94. The van der Waals surface area contributed by atoms with Crippen molar-refractivity contribution in [3.05, 3.63) is 59.0 Å². The number of nitrogens with one attached hydrogen (secondary N) is 1. The van der Waals surface area contributed by atoms with E-state index in [4.69, 9.17) is 9.52 Å². The Morgan fingerprint density at radius 3 is 2.86 bits per heavy atom. The Morgan fingerprint density at radius 2 is 2.14 bits per heavy atom. The summed E-state index contributed by atoms with van der Waals surface area (Å²) in [5, 5.41) is 11.6. The van der Waals surface area contributed by atoms with Gasteiger partial charge in [-0.3, -0.25) is 4.79 Å². The number of hydrogen-bond donors (Lipinski definition) is 2. The largest absolute Gasteiger partial charge is 0.469 e. The molecule has 1 aromatic carbocycles. The molecule has 1 aromatic heterocycles. The van der Waals surface area contributed by atoms with Crippen LogP contribution in [0.25, 0.3) is 0 Å². The first-order valence-electron chi connectivity index (χ1n) is 6.72. The van der Waals surface area contributed by atoms with Gasteiger partial charge in [0.15, 0.2) is 0 Å². The van der Waals surface area contributed by atoms with Crippen LogP contribution in [0, 0.1) is 18.8 Å². The van der Waals surface area contributed by atoms with Gasteiger partial charge in [0, 0.05) is 18.5 Å². The van der Waals surface area contributed by atoms with Gasteiger partial charge in [0.1, 0.15) is 5.76 Å². The molecule has 0 saturated heterocycles. The van der Waals surface area contributed by atoms with E-state index in [9.17, 15) is 4.79 Å². The highest BCUT2D eigenvalue weighted by Crippen LogP contribution is 2.10. The second kappa shape index (κ2) is 7.32. The Bertz CT molecular complexity index is 677. The average molecular weight is 283 g/mol. The van der Waals surface area contributed by atoms with Crippen molar-refractivity contribution in [1.29, 1.82) is 0 Å². The van der Waals surface area contributed by atoms with Crippen LogP contribution in [0.15, 0.2) is 41.0 Å². The van der Waals surface area contributed by atoms with Crippen molar-refractivity contribution in [3.8, 4) is 11.8 Å². The van der Waals surface area contributed by atoms with Crippen LogP contribution in [0.1, 0.15) is 33.7 Å². The smallest absolute Gasteiger partial charge is 0.255 e. The minimum Gasteiger partial charge on any atom is -0.469 e. The first-order chi connectivity index (χ1) is 10.2. The zero-order valence-electron chi connectivity index (χ0n) is 11.8. The first kappa shape index (κ1) is 14.9. The molecule has 0 spiro atoms. The van der Waals surface area contributed by atoms with Crippen molar-refractivity contribution >= 4 is 5.91 Å². The summed E-state index contributed by atoms with van der Waals surface area (Å²) < 4.78 is 5.12. The van der Waals surface area contributed by atoms with Crippen LogP contribution in [-0.2, 0) is 6.54 Å². The summed E-state index contributed by atoms with van der Waals surface area (Å²) in [5.74, 6) is 6.33. The van der Waals surface area contributed by atoms with Gasteiger partial charge in [-0.1, -0.05) is 30.0 Å². The van der Waals surface area contributed by atoms with E-state index in [2.05, 4.69) is 17.2 Å². The lowest BCUT2D eigenvalue weighted by molar-refractivity contribution is 0.0949. The molecule has 21 heavy (non-hydrogen) atoms. The number of rotatable bonds is 4. The van der Waals surface area contributed by atoms with E-state index >= 15 is 0 Å². The standard InChI is InChI=1S/C17H17NO3/c1-13-16(9-11-21-13)17(20)18-12-15-8-3-2-6-14(15)7-4-5-10-19/h2-3,6,8-9,11,19H,5,10,12H2,1H3,(H,18,20). The monoisotopic (exact) mass is 283 g/mol. The molecule has 4 nitrogen and oxygen atoms in total. The lowest BCUT2D eigenvalue weighted by Crippen LogP contribution is -2.23. The summed E-state index contributed by atoms with van der Waals surface area (Å²) in [7, 11) is 0. The molecule has 0 aliphatic carbocycles. The number of aryl methyl sites for hydroxylation is 1. The van der Waals surface area contributed by atoms with E-state index in [-0.39, 0.29) is 12.5 Å². The van der Waals surface area contributed by atoms with Crippen molar-refractivity contribution in [3.63, 3.8) is 0 Å². The number of carbonyl (C=O) groups is 1. The topological polar surface area (TPSA) is 62.5 Å². The Morgan fingerprint density at radius 1 is 1.33 bits per heavy atom. The average Bonchev–Trinajstić information content (AvgIpc) is 2.92. The lowest BCUT2D eigenvalue weighted by atomic mass is 10.1. The molecule has 0 bridgehead atoms. The number of amides is 1. The van der Waals surface area contributed by atoms with E-state index in [0.717, 1.165) is 11.1 Å². The summed E-state index contributed by atoms with van der Waals surface area (Å²) >= 11 is 0. The molecule has 2 N–H and O–H groups in total. The Hall–Kier alpha value is -2.51. The quantitative estimate of drug-likeness (QED) is 0.846. The maximum Gasteiger partial charge on any atom is 0.255 e. The molecule has 0 saturated carbocycles. The fourth-order valence-electron chi connectivity index (χ4n) is 1.90. The molecule has 0 aliphatic heterocycles. The maximum absolute atomic E-state index is 12.0.